The zero-order valence-electron chi connectivity index (χ0n) is 9.34. The van der Waals surface area contributed by atoms with Crippen molar-refractivity contribution in [1.29, 1.82) is 0 Å². The van der Waals surface area contributed by atoms with E-state index in [4.69, 9.17) is 0 Å². The summed E-state index contributed by atoms with van der Waals surface area (Å²) in [6.07, 6.45) is 1.40. The van der Waals surface area contributed by atoms with E-state index >= 15 is 0 Å². The second-order valence-corrected chi connectivity index (χ2v) is 5.09. The van der Waals surface area contributed by atoms with Crippen LogP contribution in [-0.2, 0) is 0 Å². The van der Waals surface area contributed by atoms with E-state index in [1.165, 1.54) is 12.4 Å². The Labute approximate surface area is 120 Å². The van der Waals surface area contributed by atoms with E-state index in [-0.39, 0.29) is 5.82 Å². The van der Waals surface area contributed by atoms with E-state index < -0.39 is 0 Å². The van der Waals surface area contributed by atoms with Crippen molar-refractivity contribution in [2.45, 2.75) is 0 Å². The van der Waals surface area contributed by atoms with E-state index in [1.807, 2.05) is 0 Å². The number of rotatable bonds is 3. The lowest BCUT2D eigenvalue weighted by molar-refractivity contribution is 0.631. The van der Waals surface area contributed by atoms with Gasteiger partial charge in [-0.15, -0.1) is 0 Å². The van der Waals surface area contributed by atoms with E-state index in [0.717, 1.165) is 0 Å². The Morgan fingerprint density at radius 3 is 2.56 bits per heavy atom. The summed E-state index contributed by atoms with van der Waals surface area (Å²) >= 11 is 6.56. The molecular weight excluding hydrogens is 367 g/mol. The van der Waals surface area contributed by atoms with Crippen LogP contribution in [-0.4, -0.2) is 17.0 Å². The van der Waals surface area contributed by atoms with Crippen LogP contribution in [0.1, 0.15) is 0 Å². The van der Waals surface area contributed by atoms with Gasteiger partial charge in [-0.2, -0.15) is 0 Å². The van der Waals surface area contributed by atoms with Gasteiger partial charge in [0, 0.05) is 11.5 Å². The summed E-state index contributed by atoms with van der Waals surface area (Å²) in [7, 11) is 1.75. The van der Waals surface area contributed by atoms with Crippen molar-refractivity contribution in [1.82, 2.24) is 9.97 Å². The Morgan fingerprint density at radius 2 is 1.89 bits per heavy atom. The highest BCUT2D eigenvalue weighted by atomic mass is 79.9. The predicted octanol–water partition coefficient (Wildman–Crippen LogP) is 3.93. The van der Waals surface area contributed by atoms with Gasteiger partial charge in [-0.25, -0.2) is 14.4 Å². The Bertz CT molecular complexity index is 577. The molecule has 0 atom stereocenters. The van der Waals surface area contributed by atoms with Crippen molar-refractivity contribution in [3.8, 4) is 0 Å². The monoisotopic (exact) mass is 374 g/mol. The molecule has 0 aliphatic carbocycles. The molecule has 0 saturated carbocycles. The minimum Gasteiger partial charge on any atom is -0.372 e. The zero-order valence-corrected chi connectivity index (χ0v) is 12.5. The molecule has 18 heavy (non-hydrogen) atoms. The highest BCUT2D eigenvalue weighted by Crippen LogP contribution is 2.30. The maximum atomic E-state index is 13.7. The summed E-state index contributed by atoms with van der Waals surface area (Å²) < 4.78 is 15.0. The molecule has 0 aliphatic heterocycles. The third-order valence-electron chi connectivity index (χ3n) is 2.21. The van der Waals surface area contributed by atoms with Crippen LogP contribution in [0.4, 0.5) is 21.7 Å². The van der Waals surface area contributed by atoms with Crippen molar-refractivity contribution in [3.63, 3.8) is 0 Å². The number of hydrogen-bond acceptors (Lipinski definition) is 4. The minimum absolute atomic E-state index is 0.347. The van der Waals surface area contributed by atoms with Gasteiger partial charge in [0.1, 0.15) is 28.3 Å². The average Bonchev–Trinajstić information content (AvgIpc) is 2.35. The number of halogens is 3. The number of benzene rings is 1. The molecule has 2 aromatic rings. The van der Waals surface area contributed by atoms with E-state index in [1.54, 1.807) is 19.2 Å². The van der Waals surface area contributed by atoms with Crippen LogP contribution >= 0.6 is 31.9 Å². The van der Waals surface area contributed by atoms with E-state index in [2.05, 4.69) is 52.5 Å². The molecule has 4 nitrogen and oxygen atoms in total. The standard InChI is InChI=1S/C11H9Br2FN4/c1-15-10-9(13)11(17-5-16-10)18-8-3-2-6(12)4-7(8)14/h2-5H,1H3,(H2,15,16,17,18). The number of anilines is 3. The second-order valence-electron chi connectivity index (χ2n) is 3.38. The first-order valence-electron chi connectivity index (χ1n) is 5.02. The Balaban J connectivity index is 2.34. The molecular formula is C11H9Br2FN4. The maximum absolute atomic E-state index is 13.7. The molecule has 2 rings (SSSR count). The molecule has 0 saturated heterocycles. The Hall–Kier alpha value is -1.21. The van der Waals surface area contributed by atoms with Gasteiger partial charge in [0.05, 0.1) is 5.69 Å². The van der Waals surface area contributed by atoms with Crippen LogP contribution in [0.25, 0.3) is 0 Å². The number of aromatic nitrogens is 2. The molecule has 94 valence electrons. The Kier molecular flexibility index (Phi) is 4.13. The van der Waals surface area contributed by atoms with E-state index in [0.29, 0.717) is 26.3 Å². The average molecular weight is 376 g/mol. The summed E-state index contributed by atoms with van der Waals surface area (Å²) in [6.45, 7) is 0. The molecule has 0 aliphatic rings. The third-order valence-corrected chi connectivity index (χ3v) is 3.45. The van der Waals surface area contributed by atoms with Crippen LogP contribution in [0, 0.1) is 5.82 Å². The van der Waals surface area contributed by atoms with Gasteiger partial charge < -0.3 is 10.6 Å². The van der Waals surface area contributed by atoms with Crippen LogP contribution in [0.15, 0.2) is 33.5 Å². The van der Waals surface area contributed by atoms with Gasteiger partial charge in [0.2, 0.25) is 0 Å². The lowest BCUT2D eigenvalue weighted by atomic mass is 10.3. The molecule has 0 unspecified atom stereocenters. The van der Waals surface area contributed by atoms with Gasteiger partial charge in [-0.3, -0.25) is 0 Å². The van der Waals surface area contributed by atoms with Gasteiger partial charge in [-0.05, 0) is 34.1 Å². The molecule has 0 amide bonds. The van der Waals surface area contributed by atoms with Crippen molar-refractivity contribution in [2.75, 3.05) is 17.7 Å². The zero-order chi connectivity index (χ0) is 13.1. The minimum atomic E-state index is -0.360. The van der Waals surface area contributed by atoms with Gasteiger partial charge in [0.25, 0.3) is 0 Å². The van der Waals surface area contributed by atoms with Crippen LogP contribution in [0.3, 0.4) is 0 Å². The number of hydrogen-bond donors (Lipinski definition) is 2. The molecule has 0 fully saturated rings. The summed E-state index contributed by atoms with van der Waals surface area (Å²) in [6, 6.07) is 4.77. The third kappa shape index (κ3) is 2.78. The summed E-state index contributed by atoms with van der Waals surface area (Å²) in [4.78, 5) is 8.08. The molecule has 7 heteroatoms. The van der Waals surface area contributed by atoms with Crippen LogP contribution < -0.4 is 10.6 Å². The summed E-state index contributed by atoms with van der Waals surface area (Å²) in [5.41, 5.74) is 0.347. The van der Waals surface area contributed by atoms with Gasteiger partial charge in [0.15, 0.2) is 0 Å². The molecule has 0 bridgehead atoms. The second kappa shape index (κ2) is 5.62. The van der Waals surface area contributed by atoms with Crippen molar-refractivity contribution in [2.24, 2.45) is 0 Å². The van der Waals surface area contributed by atoms with Gasteiger partial charge >= 0.3 is 0 Å². The molecule has 1 heterocycles. The lowest BCUT2D eigenvalue weighted by Gasteiger charge is -2.10. The maximum Gasteiger partial charge on any atom is 0.150 e. The fraction of sp³-hybridized carbons (Fsp3) is 0.0909. The molecule has 1 aromatic heterocycles. The SMILES string of the molecule is CNc1ncnc(Nc2ccc(Br)cc2F)c1Br. The van der Waals surface area contributed by atoms with E-state index in [9.17, 15) is 4.39 Å². The first kappa shape index (κ1) is 13.2. The Morgan fingerprint density at radius 1 is 1.17 bits per heavy atom. The topological polar surface area (TPSA) is 49.8 Å². The molecule has 0 radical (unpaired) electrons. The van der Waals surface area contributed by atoms with Crippen LogP contribution in [0.5, 0.6) is 0 Å². The molecule has 2 N–H and O–H groups in total. The lowest BCUT2D eigenvalue weighted by Crippen LogP contribution is -2.01. The fourth-order valence-electron chi connectivity index (χ4n) is 1.35. The highest BCUT2D eigenvalue weighted by molar-refractivity contribution is 9.11. The van der Waals surface area contributed by atoms with Crippen molar-refractivity contribution < 1.29 is 4.39 Å². The van der Waals surface area contributed by atoms with Crippen molar-refractivity contribution >= 4 is 49.2 Å². The number of nitrogens with zero attached hydrogens (tertiary/aromatic N) is 2. The van der Waals surface area contributed by atoms with Crippen LogP contribution in [0.2, 0.25) is 0 Å². The van der Waals surface area contributed by atoms with Gasteiger partial charge in [-0.1, -0.05) is 15.9 Å². The fourth-order valence-corrected chi connectivity index (χ4v) is 2.18. The first-order chi connectivity index (χ1) is 8.61. The normalized spacial score (nSPS) is 10.2. The molecule has 0 spiro atoms. The molecule has 1 aromatic carbocycles. The van der Waals surface area contributed by atoms with Crippen molar-refractivity contribution in [3.05, 3.63) is 39.3 Å². The smallest absolute Gasteiger partial charge is 0.150 e. The summed E-state index contributed by atoms with van der Waals surface area (Å²) in [5, 5.41) is 5.81. The first-order valence-corrected chi connectivity index (χ1v) is 6.60. The largest absolute Gasteiger partial charge is 0.372 e. The highest BCUT2D eigenvalue weighted by Gasteiger charge is 2.10. The number of nitrogens with one attached hydrogen (secondary N) is 2. The predicted molar refractivity (Wildman–Crippen MR) is 76.7 cm³/mol. The quantitative estimate of drug-likeness (QED) is 0.853. The summed E-state index contributed by atoms with van der Waals surface area (Å²) in [5.74, 6) is 0.765.